The van der Waals surface area contributed by atoms with Gasteiger partial charge in [0.15, 0.2) is 11.6 Å². The Morgan fingerprint density at radius 2 is 2.00 bits per heavy atom. The number of nitrogens with zero attached hydrogens (tertiary/aromatic N) is 1. The van der Waals surface area contributed by atoms with Gasteiger partial charge in [0.05, 0.1) is 17.9 Å². The molecule has 0 saturated carbocycles. The fourth-order valence-corrected chi connectivity index (χ4v) is 1.90. The number of carboxylic acid groups (broad SMARTS) is 1. The third-order valence-corrected chi connectivity index (χ3v) is 2.78. The highest BCUT2D eigenvalue weighted by atomic mass is 19.2. The van der Waals surface area contributed by atoms with E-state index < -0.39 is 23.2 Å². The summed E-state index contributed by atoms with van der Waals surface area (Å²) in [5.74, 6) is -3.71. The summed E-state index contributed by atoms with van der Waals surface area (Å²) in [6.45, 7) is 5.21. The maximum Gasteiger partial charge on any atom is 0.338 e. The van der Waals surface area contributed by atoms with Crippen LogP contribution in [0.2, 0.25) is 0 Å². The van der Waals surface area contributed by atoms with E-state index >= 15 is 0 Å². The summed E-state index contributed by atoms with van der Waals surface area (Å²) in [7, 11) is 1.53. The molecule has 1 aromatic carbocycles. The summed E-state index contributed by atoms with van der Waals surface area (Å²) < 4.78 is 32.7. The van der Waals surface area contributed by atoms with E-state index in [0.717, 1.165) is 6.07 Å². The summed E-state index contributed by atoms with van der Waals surface area (Å²) in [4.78, 5) is 12.4. The van der Waals surface area contributed by atoms with Crippen molar-refractivity contribution in [1.29, 1.82) is 0 Å². The number of hydrogen-bond acceptors (Lipinski definition) is 3. The Labute approximate surface area is 117 Å². The molecule has 0 amide bonds. The molecule has 0 aromatic heterocycles. The molecule has 0 heterocycles. The molecule has 0 spiro atoms. The van der Waals surface area contributed by atoms with Crippen LogP contribution in [0.5, 0.6) is 0 Å². The van der Waals surface area contributed by atoms with Crippen LogP contribution in [0.3, 0.4) is 0 Å². The number of methoxy groups -OCH3 is 1. The van der Waals surface area contributed by atoms with E-state index in [-0.39, 0.29) is 11.6 Å². The van der Waals surface area contributed by atoms with Crippen LogP contribution in [0, 0.1) is 17.6 Å². The highest BCUT2D eigenvalue weighted by Crippen LogP contribution is 2.25. The molecule has 6 heteroatoms. The maximum absolute atomic E-state index is 14.0. The van der Waals surface area contributed by atoms with Gasteiger partial charge in [-0.15, -0.1) is 0 Å². The topological polar surface area (TPSA) is 49.8 Å². The van der Waals surface area contributed by atoms with Gasteiger partial charge >= 0.3 is 5.97 Å². The normalized spacial score (nSPS) is 10.9. The molecule has 1 N–H and O–H groups in total. The first-order chi connectivity index (χ1) is 9.38. The molecule has 0 aliphatic rings. The zero-order chi connectivity index (χ0) is 15.3. The van der Waals surface area contributed by atoms with Crippen molar-refractivity contribution in [2.75, 3.05) is 31.7 Å². The molecule has 4 nitrogen and oxygen atoms in total. The van der Waals surface area contributed by atoms with E-state index in [2.05, 4.69) is 0 Å². The Balaban J connectivity index is 3.13. The molecule has 1 aromatic rings. The van der Waals surface area contributed by atoms with Crippen molar-refractivity contribution in [2.45, 2.75) is 13.8 Å². The van der Waals surface area contributed by atoms with E-state index in [1.807, 2.05) is 13.8 Å². The fourth-order valence-electron chi connectivity index (χ4n) is 1.90. The summed E-state index contributed by atoms with van der Waals surface area (Å²) in [6.07, 6.45) is 0. The van der Waals surface area contributed by atoms with Gasteiger partial charge in [0.25, 0.3) is 0 Å². The number of halogens is 2. The second-order valence-corrected chi connectivity index (χ2v) is 4.90. The van der Waals surface area contributed by atoms with Crippen LogP contribution in [-0.4, -0.2) is 37.9 Å². The molecule has 0 atom stereocenters. The van der Waals surface area contributed by atoms with Gasteiger partial charge in [-0.2, -0.15) is 0 Å². The van der Waals surface area contributed by atoms with Gasteiger partial charge in [0.2, 0.25) is 0 Å². The Kier molecular flexibility index (Phi) is 5.88. The zero-order valence-corrected chi connectivity index (χ0v) is 11.8. The number of rotatable bonds is 7. The van der Waals surface area contributed by atoms with Crippen molar-refractivity contribution in [3.05, 3.63) is 29.3 Å². The first-order valence-electron chi connectivity index (χ1n) is 6.33. The van der Waals surface area contributed by atoms with Gasteiger partial charge in [0, 0.05) is 20.2 Å². The monoisotopic (exact) mass is 287 g/mol. The number of hydrogen-bond donors (Lipinski definition) is 1. The molecular formula is C14H19F2NO3. The summed E-state index contributed by atoms with van der Waals surface area (Å²) in [5, 5.41) is 8.77. The average molecular weight is 287 g/mol. The third-order valence-electron chi connectivity index (χ3n) is 2.78. The molecule has 20 heavy (non-hydrogen) atoms. The predicted molar refractivity (Wildman–Crippen MR) is 72.2 cm³/mol. The van der Waals surface area contributed by atoms with E-state index in [9.17, 15) is 13.6 Å². The van der Waals surface area contributed by atoms with Crippen LogP contribution in [-0.2, 0) is 4.74 Å². The first-order valence-corrected chi connectivity index (χ1v) is 6.33. The molecule has 0 saturated heterocycles. The molecule has 1 rings (SSSR count). The smallest absolute Gasteiger partial charge is 0.338 e. The predicted octanol–water partition coefficient (Wildman–Crippen LogP) is 2.77. The van der Waals surface area contributed by atoms with Crippen molar-refractivity contribution in [3.8, 4) is 0 Å². The average Bonchev–Trinajstić information content (AvgIpc) is 2.37. The zero-order valence-electron chi connectivity index (χ0n) is 11.8. The second kappa shape index (κ2) is 7.19. The number of ether oxygens (including phenoxy) is 1. The van der Waals surface area contributed by atoms with Crippen molar-refractivity contribution in [2.24, 2.45) is 5.92 Å². The van der Waals surface area contributed by atoms with Crippen LogP contribution in [0.1, 0.15) is 24.2 Å². The SMILES string of the molecule is COCCN(CC(C)C)c1ccc(C(=O)O)c(F)c1F. The van der Waals surface area contributed by atoms with Gasteiger partial charge in [0.1, 0.15) is 0 Å². The van der Waals surface area contributed by atoms with Gasteiger partial charge in [-0.25, -0.2) is 13.6 Å². The van der Waals surface area contributed by atoms with Crippen molar-refractivity contribution in [1.82, 2.24) is 0 Å². The molecule has 0 radical (unpaired) electrons. The van der Waals surface area contributed by atoms with Gasteiger partial charge in [-0.3, -0.25) is 0 Å². The Hall–Kier alpha value is -1.69. The highest BCUT2D eigenvalue weighted by molar-refractivity contribution is 5.88. The third kappa shape index (κ3) is 3.90. The van der Waals surface area contributed by atoms with E-state index in [1.54, 1.807) is 4.90 Å². The van der Waals surface area contributed by atoms with Crippen molar-refractivity contribution in [3.63, 3.8) is 0 Å². The highest BCUT2D eigenvalue weighted by Gasteiger charge is 2.21. The van der Waals surface area contributed by atoms with Crippen molar-refractivity contribution >= 4 is 11.7 Å². The molecule has 0 fully saturated rings. The second-order valence-electron chi connectivity index (χ2n) is 4.90. The largest absolute Gasteiger partial charge is 0.478 e. The van der Waals surface area contributed by atoms with Crippen LogP contribution in [0.4, 0.5) is 14.5 Å². The first kappa shape index (κ1) is 16.4. The van der Waals surface area contributed by atoms with Crippen LogP contribution < -0.4 is 4.90 Å². The van der Waals surface area contributed by atoms with Crippen molar-refractivity contribution < 1.29 is 23.4 Å². The lowest BCUT2D eigenvalue weighted by atomic mass is 10.1. The minimum absolute atomic E-state index is 0.0539. The lowest BCUT2D eigenvalue weighted by Gasteiger charge is -2.27. The molecular weight excluding hydrogens is 268 g/mol. The van der Waals surface area contributed by atoms with Crippen LogP contribution in [0.25, 0.3) is 0 Å². The number of anilines is 1. The summed E-state index contributed by atoms with van der Waals surface area (Å²) in [5.41, 5.74) is -0.610. The molecule has 0 bridgehead atoms. The van der Waals surface area contributed by atoms with Gasteiger partial charge in [-0.1, -0.05) is 13.8 Å². The van der Waals surface area contributed by atoms with Gasteiger partial charge < -0.3 is 14.7 Å². The Bertz CT molecular complexity index is 478. The molecule has 112 valence electrons. The molecule has 0 aliphatic carbocycles. The van der Waals surface area contributed by atoms with Gasteiger partial charge in [-0.05, 0) is 18.1 Å². The lowest BCUT2D eigenvalue weighted by Crippen LogP contribution is -2.32. The number of benzene rings is 1. The number of aromatic carboxylic acids is 1. The molecule has 0 unspecified atom stereocenters. The summed E-state index contributed by atoms with van der Waals surface area (Å²) in [6, 6.07) is 2.37. The Morgan fingerprint density at radius 1 is 1.35 bits per heavy atom. The minimum atomic E-state index is -1.49. The number of carbonyl (C=O) groups is 1. The molecule has 0 aliphatic heterocycles. The van der Waals surface area contributed by atoms with Crippen LogP contribution >= 0.6 is 0 Å². The standard InChI is InChI=1S/C14H19F2NO3/c1-9(2)8-17(6-7-20-3)11-5-4-10(14(18)19)12(15)13(11)16/h4-5,9H,6-8H2,1-3H3,(H,18,19). The minimum Gasteiger partial charge on any atom is -0.478 e. The maximum atomic E-state index is 14.0. The van der Waals surface area contributed by atoms with E-state index in [1.165, 1.54) is 13.2 Å². The van der Waals surface area contributed by atoms with E-state index in [4.69, 9.17) is 9.84 Å². The lowest BCUT2D eigenvalue weighted by molar-refractivity contribution is 0.0690. The van der Waals surface area contributed by atoms with Crippen LogP contribution in [0.15, 0.2) is 12.1 Å². The quantitative estimate of drug-likeness (QED) is 0.837. The Morgan fingerprint density at radius 3 is 2.50 bits per heavy atom. The fraction of sp³-hybridized carbons (Fsp3) is 0.500. The summed E-state index contributed by atoms with van der Waals surface area (Å²) >= 11 is 0. The number of carboxylic acids is 1. The van der Waals surface area contributed by atoms with E-state index in [0.29, 0.717) is 19.7 Å².